The summed E-state index contributed by atoms with van der Waals surface area (Å²) in [7, 11) is 0. The average molecular weight is 354 g/mol. The van der Waals surface area contributed by atoms with Crippen LogP contribution in [0.5, 0.6) is 0 Å². The van der Waals surface area contributed by atoms with Crippen LogP contribution in [-0.2, 0) is 0 Å². The number of thiophene rings is 1. The van der Waals surface area contributed by atoms with Crippen molar-refractivity contribution in [3.63, 3.8) is 0 Å². The highest BCUT2D eigenvalue weighted by atomic mass is 79.9. The Morgan fingerprint density at radius 3 is 2.75 bits per heavy atom. The molecule has 0 saturated heterocycles. The fourth-order valence-electron chi connectivity index (χ4n) is 2.82. The number of fused-ring (bicyclic) bond motifs is 1. The molecule has 110 valence electrons. The fraction of sp³-hybridized carbons (Fsp3) is 0.529. The van der Waals surface area contributed by atoms with Crippen molar-refractivity contribution >= 4 is 37.4 Å². The molecule has 0 aliphatic rings. The van der Waals surface area contributed by atoms with Gasteiger partial charge in [-0.25, -0.2) is 0 Å². The third-order valence-electron chi connectivity index (χ3n) is 3.84. The van der Waals surface area contributed by atoms with Crippen molar-refractivity contribution in [2.45, 2.75) is 46.1 Å². The summed E-state index contributed by atoms with van der Waals surface area (Å²) in [6.45, 7) is 7.97. The van der Waals surface area contributed by atoms with Crippen molar-refractivity contribution in [2.24, 2.45) is 5.92 Å². The predicted octanol–water partition coefficient (Wildman–Crippen LogP) is 6.14. The van der Waals surface area contributed by atoms with Crippen LogP contribution >= 0.6 is 27.3 Å². The molecule has 0 bridgehead atoms. The molecule has 0 spiro atoms. The molecule has 1 N–H and O–H groups in total. The summed E-state index contributed by atoms with van der Waals surface area (Å²) in [5.41, 5.74) is 1.47. The van der Waals surface area contributed by atoms with Crippen LogP contribution in [0.3, 0.4) is 0 Å². The summed E-state index contributed by atoms with van der Waals surface area (Å²) in [5, 5.41) is 7.51. The first-order valence-corrected chi connectivity index (χ1v) is 9.25. The van der Waals surface area contributed by atoms with Crippen LogP contribution in [0.4, 0.5) is 0 Å². The lowest BCUT2D eigenvalue weighted by molar-refractivity contribution is 0.366. The first-order chi connectivity index (χ1) is 9.69. The summed E-state index contributed by atoms with van der Waals surface area (Å²) >= 11 is 5.52. The Bertz CT molecular complexity index is 549. The van der Waals surface area contributed by atoms with E-state index in [1.165, 1.54) is 39.4 Å². The number of halogens is 1. The molecule has 0 radical (unpaired) electrons. The number of rotatable bonds is 7. The van der Waals surface area contributed by atoms with Crippen molar-refractivity contribution in [2.75, 3.05) is 6.54 Å². The van der Waals surface area contributed by atoms with Gasteiger partial charge in [0.1, 0.15) is 0 Å². The average Bonchev–Trinajstić information content (AvgIpc) is 2.85. The summed E-state index contributed by atoms with van der Waals surface area (Å²) in [6.07, 6.45) is 3.70. The van der Waals surface area contributed by atoms with Crippen molar-refractivity contribution in [1.29, 1.82) is 0 Å². The Morgan fingerprint density at radius 2 is 2.05 bits per heavy atom. The van der Waals surface area contributed by atoms with Gasteiger partial charge in [-0.05, 0) is 63.6 Å². The first-order valence-electron chi connectivity index (χ1n) is 7.58. The molecule has 2 unspecified atom stereocenters. The molecule has 1 aromatic heterocycles. The first kappa shape index (κ1) is 16.0. The number of benzene rings is 1. The maximum atomic E-state index is 3.76. The quantitative estimate of drug-likeness (QED) is 0.630. The molecule has 1 heterocycles. The second-order valence-electron chi connectivity index (χ2n) is 5.51. The van der Waals surface area contributed by atoms with Crippen LogP contribution < -0.4 is 5.32 Å². The summed E-state index contributed by atoms with van der Waals surface area (Å²) in [6, 6.07) is 7.00. The zero-order valence-corrected chi connectivity index (χ0v) is 15.0. The van der Waals surface area contributed by atoms with Gasteiger partial charge in [-0.15, -0.1) is 11.3 Å². The zero-order valence-electron chi connectivity index (χ0n) is 12.6. The van der Waals surface area contributed by atoms with Crippen LogP contribution in [0.2, 0.25) is 0 Å². The van der Waals surface area contributed by atoms with Gasteiger partial charge in [0.25, 0.3) is 0 Å². The predicted molar refractivity (Wildman–Crippen MR) is 94.6 cm³/mol. The van der Waals surface area contributed by atoms with Gasteiger partial charge < -0.3 is 5.32 Å². The van der Waals surface area contributed by atoms with E-state index in [1.54, 1.807) is 0 Å². The van der Waals surface area contributed by atoms with Crippen LogP contribution in [0, 0.1) is 5.92 Å². The Balaban J connectivity index is 2.37. The molecule has 0 aliphatic carbocycles. The Hall–Kier alpha value is -0.380. The standard InChI is InChI=1S/C17H24BrNS/c1-4-7-12(3)16(19-10-5-2)14-11-20-17-13(14)8-6-9-15(17)18/h6,8-9,11-12,16,19H,4-5,7,10H2,1-3H3. The van der Waals surface area contributed by atoms with Crippen LogP contribution in [0.1, 0.15) is 51.6 Å². The zero-order chi connectivity index (χ0) is 14.5. The molecule has 0 aliphatic heterocycles. The Labute approximate surface area is 134 Å². The summed E-state index contributed by atoms with van der Waals surface area (Å²) in [5.74, 6) is 0.670. The topological polar surface area (TPSA) is 12.0 Å². The fourth-order valence-corrected chi connectivity index (χ4v) is 4.48. The normalized spacial score (nSPS) is 14.6. The van der Waals surface area contributed by atoms with E-state index >= 15 is 0 Å². The third-order valence-corrected chi connectivity index (χ3v) is 5.81. The molecule has 1 nitrogen and oxygen atoms in total. The van der Waals surface area contributed by atoms with Gasteiger partial charge in [0, 0.05) is 15.2 Å². The van der Waals surface area contributed by atoms with Crippen LogP contribution in [0.25, 0.3) is 10.1 Å². The maximum absolute atomic E-state index is 3.76. The highest BCUT2D eigenvalue weighted by molar-refractivity contribution is 9.10. The monoisotopic (exact) mass is 353 g/mol. The second-order valence-corrected chi connectivity index (χ2v) is 7.24. The van der Waals surface area contributed by atoms with E-state index < -0.39 is 0 Å². The van der Waals surface area contributed by atoms with Gasteiger partial charge in [-0.3, -0.25) is 0 Å². The van der Waals surface area contributed by atoms with E-state index in [-0.39, 0.29) is 0 Å². The highest BCUT2D eigenvalue weighted by Gasteiger charge is 2.21. The van der Waals surface area contributed by atoms with Gasteiger partial charge in [0.05, 0.1) is 0 Å². The number of hydrogen-bond acceptors (Lipinski definition) is 2. The largest absolute Gasteiger partial charge is 0.310 e. The van der Waals surface area contributed by atoms with Gasteiger partial charge in [0.2, 0.25) is 0 Å². The van der Waals surface area contributed by atoms with E-state index in [1.807, 2.05) is 11.3 Å². The van der Waals surface area contributed by atoms with Crippen molar-refractivity contribution in [1.82, 2.24) is 5.32 Å². The number of hydrogen-bond donors (Lipinski definition) is 1. The van der Waals surface area contributed by atoms with Crippen molar-refractivity contribution < 1.29 is 0 Å². The summed E-state index contributed by atoms with van der Waals surface area (Å²) < 4.78 is 2.58. The van der Waals surface area contributed by atoms with Crippen molar-refractivity contribution in [3.8, 4) is 0 Å². The molecule has 2 aromatic rings. The smallest absolute Gasteiger partial charge is 0.0488 e. The molecule has 3 heteroatoms. The lowest BCUT2D eigenvalue weighted by Crippen LogP contribution is -2.27. The molecular formula is C17H24BrNS. The number of nitrogens with one attached hydrogen (secondary N) is 1. The van der Waals surface area contributed by atoms with Gasteiger partial charge in [-0.1, -0.05) is 39.3 Å². The maximum Gasteiger partial charge on any atom is 0.0488 e. The molecular weight excluding hydrogens is 330 g/mol. The van der Waals surface area contributed by atoms with E-state index in [2.05, 4.69) is 65.6 Å². The summed E-state index contributed by atoms with van der Waals surface area (Å²) in [4.78, 5) is 0. The molecule has 2 rings (SSSR count). The highest BCUT2D eigenvalue weighted by Crippen LogP contribution is 2.38. The lowest BCUT2D eigenvalue weighted by Gasteiger charge is -2.25. The molecule has 0 amide bonds. The minimum Gasteiger partial charge on any atom is -0.310 e. The van der Waals surface area contributed by atoms with Crippen molar-refractivity contribution in [3.05, 3.63) is 33.6 Å². The molecule has 0 fully saturated rings. The van der Waals surface area contributed by atoms with E-state index in [0.717, 1.165) is 6.54 Å². The Kier molecular flexibility index (Phi) is 6.06. The van der Waals surface area contributed by atoms with Gasteiger partial charge >= 0.3 is 0 Å². The van der Waals surface area contributed by atoms with Crippen LogP contribution in [0.15, 0.2) is 28.1 Å². The minimum atomic E-state index is 0.470. The molecule has 20 heavy (non-hydrogen) atoms. The molecule has 1 aromatic carbocycles. The second kappa shape index (κ2) is 7.58. The van der Waals surface area contributed by atoms with E-state index in [4.69, 9.17) is 0 Å². The third kappa shape index (κ3) is 3.44. The SMILES string of the molecule is CCCNC(c1csc2c(Br)cccc12)C(C)CCC. The minimum absolute atomic E-state index is 0.470. The van der Waals surface area contributed by atoms with E-state index in [9.17, 15) is 0 Å². The molecule has 0 saturated carbocycles. The van der Waals surface area contributed by atoms with Gasteiger partial charge in [-0.2, -0.15) is 0 Å². The van der Waals surface area contributed by atoms with E-state index in [0.29, 0.717) is 12.0 Å². The van der Waals surface area contributed by atoms with Gasteiger partial charge in [0.15, 0.2) is 0 Å². The Morgan fingerprint density at radius 1 is 1.25 bits per heavy atom. The lowest BCUT2D eigenvalue weighted by atomic mass is 9.90. The van der Waals surface area contributed by atoms with Crippen LogP contribution in [-0.4, -0.2) is 6.54 Å². The molecule has 2 atom stereocenters.